The molecule has 0 saturated carbocycles. The van der Waals surface area contributed by atoms with E-state index in [-0.39, 0.29) is 6.04 Å². The SMILES string of the molecule is Cc1ccc2c(c1)C(Nc1ccc(S(=O)(=O)C(F)F)cc1)CO2. The number of rotatable bonds is 4. The van der Waals surface area contributed by atoms with E-state index in [9.17, 15) is 17.2 Å². The number of halogens is 2. The molecule has 3 rings (SSSR count). The molecule has 1 aliphatic rings. The number of hydrogen-bond acceptors (Lipinski definition) is 4. The Morgan fingerprint density at radius 2 is 1.87 bits per heavy atom. The van der Waals surface area contributed by atoms with Crippen LogP contribution in [-0.2, 0) is 9.84 Å². The molecule has 2 aromatic rings. The molecule has 1 atom stereocenters. The zero-order valence-corrected chi connectivity index (χ0v) is 13.1. The zero-order valence-electron chi connectivity index (χ0n) is 12.3. The quantitative estimate of drug-likeness (QED) is 0.926. The maximum atomic E-state index is 12.5. The molecule has 4 nitrogen and oxygen atoms in total. The Morgan fingerprint density at radius 3 is 2.52 bits per heavy atom. The maximum absolute atomic E-state index is 12.5. The third-order valence-corrected chi connectivity index (χ3v) is 5.10. The van der Waals surface area contributed by atoms with E-state index in [1.165, 1.54) is 24.3 Å². The summed E-state index contributed by atoms with van der Waals surface area (Å²) in [5, 5.41) is 3.22. The van der Waals surface area contributed by atoms with Crippen LogP contribution in [0.15, 0.2) is 47.4 Å². The normalized spacial score (nSPS) is 17.0. The fraction of sp³-hybridized carbons (Fsp3) is 0.250. The molecule has 23 heavy (non-hydrogen) atoms. The molecule has 7 heteroatoms. The van der Waals surface area contributed by atoms with Gasteiger partial charge in [0, 0.05) is 11.3 Å². The lowest BCUT2D eigenvalue weighted by molar-refractivity contribution is 0.234. The second-order valence-electron chi connectivity index (χ2n) is 5.38. The van der Waals surface area contributed by atoms with Gasteiger partial charge in [-0.1, -0.05) is 17.7 Å². The van der Waals surface area contributed by atoms with Crippen LogP contribution in [0, 0.1) is 6.92 Å². The van der Waals surface area contributed by atoms with E-state index in [0.29, 0.717) is 12.3 Å². The molecule has 0 saturated heterocycles. The van der Waals surface area contributed by atoms with Gasteiger partial charge in [-0.2, -0.15) is 8.78 Å². The average molecular weight is 339 g/mol. The summed E-state index contributed by atoms with van der Waals surface area (Å²) in [6, 6.07) is 11.1. The Labute approximate surface area is 133 Å². The minimum absolute atomic E-state index is 0.0672. The van der Waals surface area contributed by atoms with E-state index < -0.39 is 20.5 Å². The van der Waals surface area contributed by atoms with Crippen LogP contribution >= 0.6 is 0 Å². The van der Waals surface area contributed by atoms with Crippen LogP contribution in [0.2, 0.25) is 0 Å². The highest BCUT2D eigenvalue weighted by Crippen LogP contribution is 2.35. The maximum Gasteiger partial charge on any atom is 0.341 e. The van der Waals surface area contributed by atoms with Gasteiger partial charge in [-0.05, 0) is 37.3 Å². The lowest BCUT2D eigenvalue weighted by Gasteiger charge is -2.14. The van der Waals surface area contributed by atoms with Crippen LogP contribution in [0.3, 0.4) is 0 Å². The van der Waals surface area contributed by atoms with E-state index in [2.05, 4.69) is 5.32 Å². The molecule has 1 heterocycles. The van der Waals surface area contributed by atoms with E-state index in [1.807, 2.05) is 25.1 Å². The zero-order chi connectivity index (χ0) is 16.6. The Hall–Kier alpha value is -2.15. The molecule has 0 aromatic heterocycles. The van der Waals surface area contributed by atoms with Crippen molar-refractivity contribution in [3.8, 4) is 5.75 Å². The van der Waals surface area contributed by atoms with Crippen LogP contribution in [-0.4, -0.2) is 20.8 Å². The smallest absolute Gasteiger partial charge is 0.341 e. The lowest BCUT2D eigenvalue weighted by Crippen LogP contribution is -2.13. The van der Waals surface area contributed by atoms with Crippen LogP contribution in [0.5, 0.6) is 5.75 Å². The molecule has 1 N–H and O–H groups in total. The largest absolute Gasteiger partial charge is 0.491 e. The van der Waals surface area contributed by atoms with E-state index in [0.717, 1.165) is 16.9 Å². The summed E-state index contributed by atoms with van der Waals surface area (Å²) < 4.78 is 53.4. The van der Waals surface area contributed by atoms with Crippen LogP contribution in [0.25, 0.3) is 0 Å². The van der Waals surface area contributed by atoms with Gasteiger partial charge in [0.25, 0.3) is 0 Å². The van der Waals surface area contributed by atoms with Crippen molar-refractivity contribution in [1.82, 2.24) is 0 Å². The minimum atomic E-state index is -4.56. The number of sulfone groups is 1. The van der Waals surface area contributed by atoms with Crippen molar-refractivity contribution < 1.29 is 21.9 Å². The minimum Gasteiger partial charge on any atom is -0.491 e. The number of benzene rings is 2. The molecule has 1 unspecified atom stereocenters. The van der Waals surface area contributed by atoms with Crippen molar-refractivity contribution in [2.45, 2.75) is 23.6 Å². The summed E-state index contributed by atoms with van der Waals surface area (Å²) in [4.78, 5) is -0.392. The number of ether oxygens (including phenoxy) is 1. The number of hydrogen-bond donors (Lipinski definition) is 1. The predicted molar refractivity (Wildman–Crippen MR) is 82.7 cm³/mol. The van der Waals surface area contributed by atoms with Crippen molar-refractivity contribution in [2.75, 3.05) is 11.9 Å². The van der Waals surface area contributed by atoms with Crippen LogP contribution < -0.4 is 10.1 Å². The summed E-state index contributed by atoms with van der Waals surface area (Å²) in [5.74, 6) is -2.61. The van der Waals surface area contributed by atoms with Gasteiger partial charge in [-0.25, -0.2) is 8.42 Å². The summed E-state index contributed by atoms with van der Waals surface area (Å²) in [5.41, 5.74) is 2.77. The third kappa shape index (κ3) is 3.01. The molecule has 0 spiro atoms. The van der Waals surface area contributed by atoms with Gasteiger partial charge in [0.2, 0.25) is 9.84 Å². The molecular weight excluding hydrogens is 324 g/mol. The van der Waals surface area contributed by atoms with Gasteiger partial charge in [-0.3, -0.25) is 0 Å². The molecule has 0 aliphatic carbocycles. The first-order valence-electron chi connectivity index (χ1n) is 7.00. The molecule has 0 bridgehead atoms. The fourth-order valence-electron chi connectivity index (χ4n) is 2.50. The fourth-order valence-corrected chi connectivity index (χ4v) is 3.22. The van der Waals surface area contributed by atoms with Crippen molar-refractivity contribution in [3.63, 3.8) is 0 Å². The van der Waals surface area contributed by atoms with Gasteiger partial charge in [0.1, 0.15) is 12.4 Å². The number of nitrogens with one attached hydrogen (secondary N) is 1. The highest BCUT2D eigenvalue weighted by molar-refractivity contribution is 7.91. The highest BCUT2D eigenvalue weighted by atomic mass is 32.2. The van der Waals surface area contributed by atoms with Crippen LogP contribution in [0.1, 0.15) is 17.2 Å². The molecule has 2 aromatic carbocycles. The third-order valence-electron chi connectivity index (χ3n) is 3.70. The second-order valence-corrected chi connectivity index (χ2v) is 7.30. The molecule has 0 fully saturated rings. The van der Waals surface area contributed by atoms with E-state index in [4.69, 9.17) is 4.74 Å². The van der Waals surface area contributed by atoms with Gasteiger partial charge >= 0.3 is 5.76 Å². The standard InChI is InChI=1S/C16H15F2NO3S/c1-10-2-7-15-13(8-10)14(9-22-15)19-11-3-5-12(6-4-11)23(20,21)16(17)18/h2-8,14,16,19H,9H2,1H3. The summed E-state index contributed by atoms with van der Waals surface area (Å²) in [6.07, 6.45) is 0. The second kappa shape index (κ2) is 5.81. The van der Waals surface area contributed by atoms with Crippen LogP contribution in [0.4, 0.5) is 14.5 Å². The van der Waals surface area contributed by atoms with Crippen molar-refractivity contribution in [3.05, 3.63) is 53.6 Å². The first-order valence-corrected chi connectivity index (χ1v) is 8.54. The Morgan fingerprint density at radius 1 is 1.17 bits per heavy atom. The average Bonchev–Trinajstić information content (AvgIpc) is 2.90. The van der Waals surface area contributed by atoms with E-state index in [1.54, 1.807) is 0 Å². The van der Waals surface area contributed by atoms with Gasteiger partial charge in [0.05, 0.1) is 10.9 Å². The van der Waals surface area contributed by atoms with Crippen molar-refractivity contribution in [2.24, 2.45) is 0 Å². The molecule has 122 valence electrons. The van der Waals surface area contributed by atoms with Gasteiger partial charge in [0.15, 0.2) is 0 Å². The van der Waals surface area contributed by atoms with Gasteiger partial charge < -0.3 is 10.1 Å². The summed E-state index contributed by atoms with van der Waals surface area (Å²) in [7, 11) is -4.56. The number of aryl methyl sites for hydroxylation is 1. The molecular formula is C16H15F2NO3S. The Kier molecular flexibility index (Phi) is 3.97. The van der Waals surface area contributed by atoms with Crippen molar-refractivity contribution >= 4 is 15.5 Å². The summed E-state index contributed by atoms with van der Waals surface area (Å²) in [6.45, 7) is 2.44. The first kappa shape index (κ1) is 15.7. The number of fused-ring (bicyclic) bond motifs is 1. The number of anilines is 1. The summed E-state index contributed by atoms with van der Waals surface area (Å²) >= 11 is 0. The topological polar surface area (TPSA) is 55.4 Å². The number of alkyl halides is 2. The first-order chi connectivity index (χ1) is 10.9. The predicted octanol–water partition coefficient (Wildman–Crippen LogP) is 3.54. The Balaban J connectivity index is 1.80. The van der Waals surface area contributed by atoms with E-state index >= 15 is 0 Å². The van der Waals surface area contributed by atoms with Gasteiger partial charge in [-0.15, -0.1) is 0 Å². The molecule has 0 amide bonds. The lowest BCUT2D eigenvalue weighted by atomic mass is 10.1. The van der Waals surface area contributed by atoms with Crippen molar-refractivity contribution in [1.29, 1.82) is 0 Å². The molecule has 1 aliphatic heterocycles. The highest BCUT2D eigenvalue weighted by Gasteiger charge is 2.27. The Bertz CT molecular complexity index is 820. The monoisotopic (exact) mass is 339 g/mol. The molecule has 0 radical (unpaired) electrons.